The molecule has 0 unspecified atom stereocenters. The number of likely N-dealkylation sites (tertiary alicyclic amines) is 1. The number of rotatable bonds is 8. The summed E-state index contributed by atoms with van der Waals surface area (Å²) in [5, 5.41) is 13.7. The molecular weight excluding hydrogens is 522 g/mol. The maximum absolute atomic E-state index is 12.9. The van der Waals surface area contributed by atoms with Crippen molar-refractivity contribution in [3.05, 3.63) is 45.7 Å². The predicted octanol–water partition coefficient (Wildman–Crippen LogP) is 2.76. The van der Waals surface area contributed by atoms with E-state index in [-0.39, 0.29) is 47.3 Å². The number of fused-ring (bicyclic) bond motifs is 1. The van der Waals surface area contributed by atoms with E-state index >= 15 is 0 Å². The molecule has 3 heterocycles. The van der Waals surface area contributed by atoms with Gasteiger partial charge >= 0.3 is 0 Å². The SMILES string of the molecule is COc1cc(C2CCN(C3CC3)CC2)ccc1Nc1ncc2c(=O)c(C(N)=O)c(N)n(CC(C)(C)O)c2n1.Cl. The molecular formula is C27H36ClN7O4. The standard InChI is InChI=1S/C27H35N7O4.ClH/c1-27(2,37)14-34-23(28)21(24(29)36)22(35)18-13-30-26(32-25(18)34)31-19-7-4-16(12-20(19)38-3)15-8-10-33(11-9-15)17-5-6-17;/h4,7,12-13,15,17,37H,5-6,8-11,14,28H2,1-3H3,(H2,29,36)(H,30,31,32);1H. The summed E-state index contributed by atoms with van der Waals surface area (Å²) in [6.45, 7) is 5.42. The molecule has 0 atom stereocenters. The van der Waals surface area contributed by atoms with Crippen LogP contribution >= 0.6 is 12.4 Å². The second kappa shape index (κ2) is 11.0. The zero-order chi connectivity index (χ0) is 27.2. The number of piperidine rings is 1. The Bertz CT molecular complexity index is 1440. The van der Waals surface area contributed by atoms with E-state index < -0.39 is 16.9 Å². The lowest BCUT2D eigenvalue weighted by Gasteiger charge is -2.32. The summed E-state index contributed by atoms with van der Waals surface area (Å²) in [7, 11) is 1.62. The lowest BCUT2D eigenvalue weighted by atomic mass is 9.89. The Kier molecular flexibility index (Phi) is 8.06. The van der Waals surface area contributed by atoms with Crippen LogP contribution in [0.15, 0.2) is 29.2 Å². The molecule has 210 valence electrons. The molecule has 5 rings (SSSR count). The first kappa shape index (κ1) is 28.6. The van der Waals surface area contributed by atoms with E-state index in [2.05, 4.69) is 32.3 Å². The molecule has 1 amide bonds. The Balaban J connectivity index is 0.00000353. The Labute approximate surface area is 233 Å². The highest BCUT2D eigenvalue weighted by molar-refractivity contribution is 6.00. The number of carbonyl (C=O) groups excluding carboxylic acids is 1. The number of amides is 1. The zero-order valence-corrected chi connectivity index (χ0v) is 23.3. The minimum absolute atomic E-state index is 0. The van der Waals surface area contributed by atoms with Gasteiger partial charge in [0.05, 0.1) is 30.3 Å². The van der Waals surface area contributed by atoms with Gasteiger partial charge in [-0.25, -0.2) is 4.98 Å². The molecule has 1 aliphatic heterocycles. The number of nitrogens with zero attached hydrogens (tertiary/aromatic N) is 4. The maximum Gasteiger partial charge on any atom is 0.256 e. The van der Waals surface area contributed by atoms with Gasteiger partial charge in [-0.1, -0.05) is 6.07 Å². The van der Waals surface area contributed by atoms with Gasteiger partial charge in [0.1, 0.15) is 17.1 Å². The van der Waals surface area contributed by atoms with E-state index in [1.165, 1.54) is 29.2 Å². The number of aliphatic hydroxyl groups is 1. The first-order chi connectivity index (χ1) is 18.1. The number of anilines is 3. The number of primary amides is 1. The summed E-state index contributed by atoms with van der Waals surface area (Å²) in [5.74, 6) is 0.244. The molecule has 2 aromatic heterocycles. The summed E-state index contributed by atoms with van der Waals surface area (Å²) in [5.41, 5.74) is 11.5. The molecule has 2 aliphatic rings. The molecule has 2 fully saturated rings. The average molecular weight is 558 g/mol. The number of aromatic nitrogens is 3. The van der Waals surface area contributed by atoms with Gasteiger partial charge < -0.3 is 36.1 Å². The van der Waals surface area contributed by atoms with Crippen LogP contribution in [-0.4, -0.2) is 62.3 Å². The Morgan fingerprint density at radius 1 is 1.23 bits per heavy atom. The summed E-state index contributed by atoms with van der Waals surface area (Å²) in [4.78, 5) is 36.4. The first-order valence-corrected chi connectivity index (χ1v) is 13.0. The number of nitrogens with one attached hydrogen (secondary N) is 1. The molecule has 11 nitrogen and oxygen atoms in total. The molecule has 1 aromatic carbocycles. The van der Waals surface area contributed by atoms with Crippen LogP contribution in [0.25, 0.3) is 11.0 Å². The molecule has 0 bridgehead atoms. The number of carbonyl (C=O) groups is 1. The third kappa shape index (κ3) is 5.95. The van der Waals surface area contributed by atoms with E-state index in [0.717, 1.165) is 32.0 Å². The molecule has 1 saturated carbocycles. The van der Waals surface area contributed by atoms with E-state index in [1.807, 2.05) is 6.07 Å². The molecule has 3 aromatic rings. The molecule has 1 aliphatic carbocycles. The van der Waals surface area contributed by atoms with Gasteiger partial charge in [0.25, 0.3) is 5.91 Å². The Morgan fingerprint density at radius 3 is 2.51 bits per heavy atom. The van der Waals surface area contributed by atoms with Crippen molar-refractivity contribution in [2.45, 2.75) is 63.6 Å². The third-order valence-electron chi connectivity index (χ3n) is 7.37. The Hall–Kier alpha value is -3.41. The van der Waals surface area contributed by atoms with Crippen molar-refractivity contribution in [2.24, 2.45) is 5.73 Å². The van der Waals surface area contributed by atoms with Crippen LogP contribution in [0.2, 0.25) is 0 Å². The lowest BCUT2D eigenvalue weighted by molar-refractivity contribution is 0.0629. The zero-order valence-electron chi connectivity index (χ0n) is 22.4. The van der Waals surface area contributed by atoms with Crippen molar-refractivity contribution < 1.29 is 14.6 Å². The number of halogens is 1. The largest absolute Gasteiger partial charge is 0.495 e. The first-order valence-electron chi connectivity index (χ1n) is 13.0. The van der Waals surface area contributed by atoms with Crippen LogP contribution in [0.1, 0.15) is 61.4 Å². The summed E-state index contributed by atoms with van der Waals surface area (Å²) in [6, 6.07) is 6.91. The van der Waals surface area contributed by atoms with Crippen LogP contribution in [0.5, 0.6) is 5.75 Å². The highest BCUT2D eigenvalue weighted by Gasteiger charge is 2.32. The van der Waals surface area contributed by atoms with Crippen LogP contribution in [-0.2, 0) is 6.54 Å². The van der Waals surface area contributed by atoms with Crippen molar-refractivity contribution in [1.82, 2.24) is 19.4 Å². The maximum atomic E-state index is 12.9. The van der Waals surface area contributed by atoms with Crippen LogP contribution in [0, 0.1) is 0 Å². The second-order valence-electron chi connectivity index (χ2n) is 10.9. The fraction of sp³-hybridized carbons (Fsp3) is 0.481. The van der Waals surface area contributed by atoms with E-state index in [4.69, 9.17) is 16.2 Å². The minimum Gasteiger partial charge on any atom is -0.495 e. The highest BCUT2D eigenvalue weighted by Crippen LogP contribution is 2.37. The van der Waals surface area contributed by atoms with Crippen molar-refractivity contribution >= 4 is 46.8 Å². The molecule has 39 heavy (non-hydrogen) atoms. The number of hydrogen-bond acceptors (Lipinski definition) is 9. The number of methoxy groups -OCH3 is 1. The van der Waals surface area contributed by atoms with Crippen molar-refractivity contribution in [3.8, 4) is 5.75 Å². The van der Waals surface area contributed by atoms with Gasteiger partial charge in [-0.2, -0.15) is 4.98 Å². The molecule has 6 N–H and O–H groups in total. The van der Waals surface area contributed by atoms with Gasteiger partial charge in [-0.3, -0.25) is 9.59 Å². The molecule has 0 spiro atoms. The number of pyridine rings is 1. The molecule has 12 heteroatoms. The van der Waals surface area contributed by atoms with Gasteiger partial charge in [0, 0.05) is 12.2 Å². The second-order valence-corrected chi connectivity index (χ2v) is 10.9. The van der Waals surface area contributed by atoms with E-state index in [0.29, 0.717) is 17.4 Å². The fourth-order valence-electron chi connectivity index (χ4n) is 5.31. The van der Waals surface area contributed by atoms with Crippen LogP contribution < -0.4 is 26.9 Å². The van der Waals surface area contributed by atoms with Crippen molar-refractivity contribution in [1.29, 1.82) is 0 Å². The molecule has 1 saturated heterocycles. The average Bonchev–Trinajstić information content (AvgIpc) is 3.72. The number of benzene rings is 1. The van der Waals surface area contributed by atoms with Gasteiger partial charge in [0.2, 0.25) is 11.4 Å². The van der Waals surface area contributed by atoms with Crippen molar-refractivity contribution in [3.63, 3.8) is 0 Å². The number of nitrogens with two attached hydrogens (primary N) is 2. The normalized spacial score (nSPS) is 16.6. The summed E-state index contributed by atoms with van der Waals surface area (Å²) < 4.78 is 7.10. The van der Waals surface area contributed by atoms with Crippen LogP contribution in [0.3, 0.4) is 0 Å². The lowest BCUT2D eigenvalue weighted by Crippen LogP contribution is -2.34. The van der Waals surface area contributed by atoms with E-state index in [1.54, 1.807) is 21.0 Å². The monoisotopic (exact) mass is 557 g/mol. The Morgan fingerprint density at radius 2 is 1.92 bits per heavy atom. The quantitative estimate of drug-likeness (QED) is 0.326. The third-order valence-corrected chi connectivity index (χ3v) is 7.37. The number of hydrogen-bond donors (Lipinski definition) is 4. The van der Waals surface area contributed by atoms with Gasteiger partial charge in [-0.05, 0) is 76.2 Å². The fourth-order valence-corrected chi connectivity index (χ4v) is 5.31. The van der Waals surface area contributed by atoms with Crippen molar-refractivity contribution in [2.75, 3.05) is 31.2 Å². The predicted molar refractivity (Wildman–Crippen MR) is 153 cm³/mol. The van der Waals surface area contributed by atoms with E-state index in [9.17, 15) is 14.7 Å². The molecule has 0 radical (unpaired) electrons. The smallest absolute Gasteiger partial charge is 0.256 e. The number of ether oxygens (including phenoxy) is 1. The minimum atomic E-state index is -1.21. The highest BCUT2D eigenvalue weighted by atomic mass is 35.5. The summed E-state index contributed by atoms with van der Waals surface area (Å²) in [6.07, 6.45) is 6.26. The topological polar surface area (TPSA) is 162 Å². The van der Waals surface area contributed by atoms with Crippen LogP contribution in [0.4, 0.5) is 17.5 Å². The number of nitrogen functional groups attached to an aromatic ring is 1. The van der Waals surface area contributed by atoms with Gasteiger partial charge in [0.15, 0.2) is 5.65 Å². The summed E-state index contributed by atoms with van der Waals surface area (Å²) >= 11 is 0. The van der Waals surface area contributed by atoms with Gasteiger partial charge in [-0.15, -0.1) is 12.4 Å².